The van der Waals surface area contributed by atoms with Crippen molar-refractivity contribution in [1.29, 1.82) is 0 Å². The molecule has 0 bridgehead atoms. The second-order valence-electron chi connectivity index (χ2n) is 6.91. The summed E-state index contributed by atoms with van der Waals surface area (Å²) < 4.78 is 46.1. The second kappa shape index (κ2) is 8.28. The first-order valence-corrected chi connectivity index (χ1v) is 10.5. The molecule has 0 aliphatic heterocycles. The molecular formula is C20H23FN2O4S. The van der Waals surface area contributed by atoms with Crippen LogP contribution < -0.4 is 14.8 Å². The Hall–Kier alpha value is -2.45. The van der Waals surface area contributed by atoms with Crippen molar-refractivity contribution in [2.24, 2.45) is 5.92 Å². The van der Waals surface area contributed by atoms with Gasteiger partial charge in [0.2, 0.25) is 10.0 Å². The van der Waals surface area contributed by atoms with Gasteiger partial charge in [-0.15, -0.1) is 0 Å². The van der Waals surface area contributed by atoms with Crippen molar-refractivity contribution < 1.29 is 22.3 Å². The minimum atomic E-state index is -3.66. The Bertz CT molecular complexity index is 974. The first-order valence-electron chi connectivity index (χ1n) is 9.04. The van der Waals surface area contributed by atoms with Gasteiger partial charge in [0, 0.05) is 12.1 Å². The molecule has 1 saturated carbocycles. The van der Waals surface area contributed by atoms with Crippen molar-refractivity contribution in [3.63, 3.8) is 0 Å². The molecule has 3 rings (SSSR count). The predicted octanol–water partition coefficient (Wildman–Crippen LogP) is 3.01. The molecule has 0 radical (unpaired) electrons. The zero-order valence-corrected chi connectivity index (χ0v) is 16.6. The highest BCUT2D eigenvalue weighted by molar-refractivity contribution is 7.89. The van der Waals surface area contributed by atoms with E-state index in [1.165, 1.54) is 43.5 Å². The fourth-order valence-corrected chi connectivity index (χ4v) is 3.91. The van der Waals surface area contributed by atoms with Gasteiger partial charge in [-0.25, -0.2) is 17.5 Å². The van der Waals surface area contributed by atoms with Gasteiger partial charge < -0.3 is 10.1 Å². The summed E-state index contributed by atoms with van der Waals surface area (Å²) >= 11 is 0. The molecule has 0 heterocycles. The van der Waals surface area contributed by atoms with E-state index in [0.29, 0.717) is 18.0 Å². The van der Waals surface area contributed by atoms with Crippen LogP contribution in [0.25, 0.3) is 0 Å². The first kappa shape index (κ1) is 20.3. The molecule has 0 aromatic heterocycles. The van der Waals surface area contributed by atoms with Gasteiger partial charge in [-0.3, -0.25) is 4.79 Å². The third-order valence-corrected chi connectivity index (χ3v) is 6.11. The standard InChI is InChI=1S/C20H23FN2O4S/c1-13(15-8-9-19(27-2)18(21)11-15)23-20(24)16-4-3-5-17(10-16)28(25,26)22-12-14-6-7-14/h3-5,8-11,13-14,22H,6-7,12H2,1-2H3,(H,23,24). The molecule has 8 heteroatoms. The van der Waals surface area contributed by atoms with Crippen LogP contribution in [0.2, 0.25) is 0 Å². The van der Waals surface area contributed by atoms with Crippen LogP contribution in [0.1, 0.15) is 41.7 Å². The molecule has 150 valence electrons. The summed E-state index contributed by atoms with van der Waals surface area (Å²) in [6.07, 6.45) is 2.07. The highest BCUT2D eigenvalue weighted by Gasteiger charge is 2.24. The van der Waals surface area contributed by atoms with Crippen LogP contribution in [0.5, 0.6) is 5.75 Å². The molecule has 2 aromatic rings. The number of hydrogen-bond donors (Lipinski definition) is 2. The molecule has 28 heavy (non-hydrogen) atoms. The number of sulfonamides is 1. The Morgan fingerprint density at radius 2 is 2.00 bits per heavy atom. The Kier molecular flexibility index (Phi) is 6.00. The summed E-state index contributed by atoms with van der Waals surface area (Å²) in [5, 5.41) is 2.75. The number of ether oxygens (including phenoxy) is 1. The molecule has 1 aliphatic rings. The van der Waals surface area contributed by atoms with Crippen LogP contribution in [0.3, 0.4) is 0 Å². The number of halogens is 1. The maximum atomic E-state index is 13.9. The summed E-state index contributed by atoms with van der Waals surface area (Å²) in [5.74, 6) is -0.426. The first-order chi connectivity index (χ1) is 13.3. The van der Waals surface area contributed by atoms with Crippen molar-refractivity contribution in [1.82, 2.24) is 10.0 Å². The molecule has 2 aromatic carbocycles. The van der Waals surface area contributed by atoms with Gasteiger partial charge in [-0.2, -0.15) is 0 Å². The minimum Gasteiger partial charge on any atom is -0.494 e. The molecule has 1 amide bonds. The van der Waals surface area contributed by atoms with E-state index >= 15 is 0 Å². The third-order valence-electron chi connectivity index (χ3n) is 4.69. The summed E-state index contributed by atoms with van der Waals surface area (Å²) in [5.41, 5.74) is 0.789. The minimum absolute atomic E-state index is 0.0453. The zero-order chi connectivity index (χ0) is 20.3. The van der Waals surface area contributed by atoms with Crippen molar-refractivity contribution in [3.8, 4) is 5.75 Å². The van der Waals surface area contributed by atoms with Gasteiger partial charge in [0.05, 0.1) is 18.0 Å². The topological polar surface area (TPSA) is 84.5 Å². The summed E-state index contributed by atoms with van der Waals surface area (Å²) in [6.45, 7) is 2.13. The number of rotatable bonds is 8. The van der Waals surface area contributed by atoms with Gasteiger partial charge in [-0.1, -0.05) is 12.1 Å². The van der Waals surface area contributed by atoms with Crippen LogP contribution in [0.4, 0.5) is 4.39 Å². The van der Waals surface area contributed by atoms with Crippen LogP contribution in [-0.2, 0) is 10.0 Å². The monoisotopic (exact) mass is 406 g/mol. The normalized spacial score (nSPS) is 15.1. The average Bonchev–Trinajstić information content (AvgIpc) is 3.51. The lowest BCUT2D eigenvalue weighted by Gasteiger charge is -2.16. The smallest absolute Gasteiger partial charge is 0.251 e. The molecular weight excluding hydrogens is 383 g/mol. The number of methoxy groups -OCH3 is 1. The Balaban J connectivity index is 1.71. The van der Waals surface area contributed by atoms with Gasteiger partial charge >= 0.3 is 0 Å². The number of hydrogen-bond acceptors (Lipinski definition) is 4. The summed E-state index contributed by atoms with van der Waals surface area (Å²) in [7, 11) is -2.28. The molecule has 0 saturated heterocycles. The quantitative estimate of drug-likeness (QED) is 0.706. The predicted molar refractivity (Wildman–Crippen MR) is 103 cm³/mol. The number of carbonyl (C=O) groups excluding carboxylic acids is 1. The fourth-order valence-electron chi connectivity index (χ4n) is 2.75. The Morgan fingerprint density at radius 1 is 1.25 bits per heavy atom. The van der Waals surface area contributed by atoms with Gasteiger partial charge in [-0.05, 0) is 61.6 Å². The van der Waals surface area contributed by atoms with Gasteiger partial charge in [0.1, 0.15) is 0 Å². The van der Waals surface area contributed by atoms with Crippen LogP contribution in [-0.4, -0.2) is 28.0 Å². The van der Waals surface area contributed by atoms with E-state index in [1.54, 1.807) is 13.0 Å². The molecule has 1 fully saturated rings. The maximum absolute atomic E-state index is 13.9. The average molecular weight is 406 g/mol. The Labute approximate surface area is 164 Å². The lowest BCUT2D eigenvalue weighted by Crippen LogP contribution is -2.28. The Morgan fingerprint density at radius 3 is 2.64 bits per heavy atom. The number of benzene rings is 2. The van der Waals surface area contributed by atoms with Gasteiger partial charge in [0.25, 0.3) is 5.91 Å². The van der Waals surface area contributed by atoms with E-state index in [0.717, 1.165) is 12.8 Å². The summed E-state index contributed by atoms with van der Waals surface area (Å²) in [6, 6.07) is 9.84. The van der Waals surface area contributed by atoms with Crippen molar-refractivity contribution in [2.45, 2.75) is 30.7 Å². The fraction of sp³-hybridized carbons (Fsp3) is 0.350. The maximum Gasteiger partial charge on any atom is 0.251 e. The van der Waals surface area contributed by atoms with Crippen molar-refractivity contribution in [3.05, 3.63) is 59.4 Å². The van der Waals surface area contributed by atoms with E-state index in [2.05, 4.69) is 10.0 Å². The second-order valence-corrected chi connectivity index (χ2v) is 8.68. The third kappa shape index (κ3) is 4.88. The van der Waals surface area contributed by atoms with E-state index in [4.69, 9.17) is 4.74 Å². The zero-order valence-electron chi connectivity index (χ0n) is 15.7. The van der Waals surface area contributed by atoms with Crippen molar-refractivity contribution in [2.75, 3.05) is 13.7 Å². The van der Waals surface area contributed by atoms with Crippen molar-refractivity contribution >= 4 is 15.9 Å². The lowest BCUT2D eigenvalue weighted by molar-refractivity contribution is 0.0939. The molecule has 0 spiro atoms. The van der Waals surface area contributed by atoms with E-state index in [-0.39, 0.29) is 16.2 Å². The van der Waals surface area contributed by atoms with Crippen LogP contribution in [0, 0.1) is 11.7 Å². The highest BCUT2D eigenvalue weighted by atomic mass is 32.2. The van der Waals surface area contributed by atoms with E-state index in [9.17, 15) is 17.6 Å². The van der Waals surface area contributed by atoms with Crippen LogP contribution in [0.15, 0.2) is 47.4 Å². The van der Waals surface area contributed by atoms with Crippen LogP contribution >= 0.6 is 0 Å². The molecule has 1 unspecified atom stereocenters. The van der Waals surface area contributed by atoms with E-state index in [1.807, 2.05) is 0 Å². The molecule has 1 aliphatic carbocycles. The van der Waals surface area contributed by atoms with E-state index < -0.39 is 27.8 Å². The molecule has 6 nitrogen and oxygen atoms in total. The largest absolute Gasteiger partial charge is 0.494 e. The number of nitrogens with one attached hydrogen (secondary N) is 2. The SMILES string of the molecule is COc1ccc(C(C)NC(=O)c2cccc(S(=O)(=O)NCC3CC3)c2)cc1F. The number of amides is 1. The summed E-state index contributed by atoms with van der Waals surface area (Å²) in [4.78, 5) is 12.6. The lowest BCUT2D eigenvalue weighted by atomic mass is 10.1. The van der Waals surface area contributed by atoms with Gasteiger partial charge in [0.15, 0.2) is 11.6 Å². The number of carbonyl (C=O) groups is 1. The molecule has 2 N–H and O–H groups in total. The molecule has 1 atom stereocenters. The highest BCUT2D eigenvalue weighted by Crippen LogP contribution is 2.28.